The van der Waals surface area contributed by atoms with Gasteiger partial charge in [0.05, 0.1) is 24.5 Å². The fraction of sp³-hybridized carbons (Fsp3) is 0.375. The summed E-state index contributed by atoms with van der Waals surface area (Å²) in [5.41, 5.74) is 2.07. The molecule has 5 heteroatoms. The lowest BCUT2D eigenvalue weighted by molar-refractivity contribution is -0.148. The van der Waals surface area contributed by atoms with E-state index in [1.165, 1.54) is 0 Å². The number of ether oxygens (including phenoxy) is 1. The molecule has 0 aliphatic rings. The first kappa shape index (κ1) is 15.3. The van der Waals surface area contributed by atoms with Gasteiger partial charge in [-0.15, -0.1) is 0 Å². The Morgan fingerprint density at radius 3 is 2.71 bits per heavy atom. The summed E-state index contributed by atoms with van der Waals surface area (Å²) in [6.07, 6.45) is 3.71. The van der Waals surface area contributed by atoms with Crippen molar-refractivity contribution in [3.63, 3.8) is 0 Å². The van der Waals surface area contributed by atoms with E-state index in [9.17, 15) is 4.79 Å². The van der Waals surface area contributed by atoms with Crippen LogP contribution in [0, 0.1) is 0 Å². The minimum atomic E-state index is -0.206. The number of hydrogen-bond acceptors (Lipinski definition) is 4. The Balaban J connectivity index is 1.92. The molecule has 0 spiro atoms. The fourth-order valence-electron chi connectivity index (χ4n) is 2.05. The Kier molecular flexibility index (Phi) is 5.11. The highest BCUT2D eigenvalue weighted by atomic mass is 16.5. The molecule has 21 heavy (non-hydrogen) atoms. The molecule has 0 radical (unpaired) electrons. The van der Waals surface area contributed by atoms with E-state index >= 15 is 0 Å². The summed E-state index contributed by atoms with van der Waals surface area (Å²) in [6, 6.07) is 9.93. The van der Waals surface area contributed by atoms with Crippen LogP contribution in [0.15, 0.2) is 42.7 Å². The van der Waals surface area contributed by atoms with Gasteiger partial charge in [-0.3, -0.25) is 9.69 Å². The highest BCUT2D eigenvalue weighted by Gasteiger charge is 2.11. The first-order valence-corrected chi connectivity index (χ1v) is 7.01. The zero-order valence-electron chi connectivity index (χ0n) is 12.7. The van der Waals surface area contributed by atoms with Crippen molar-refractivity contribution < 1.29 is 9.53 Å². The van der Waals surface area contributed by atoms with Crippen molar-refractivity contribution in [2.75, 3.05) is 13.6 Å². The number of carbonyl (C=O) groups is 1. The molecule has 1 aromatic heterocycles. The highest BCUT2D eigenvalue weighted by molar-refractivity contribution is 5.71. The lowest BCUT2D eigenvalue weighted by Gasteiger charge is -2.15. The maximum absolute atomic E-state index is 11.6. The molecule has 0 aliphatic heterocycles. The summed E-state index contributed by atoms with van der Waals surface area (Å²) in [5, 5.41) is 4.34. The van der Waals surface area contributed by atoms with Crippen LogP contribution in [-0.4, -0.2) is 40.3 Å². The van der Waals surface area contributed by atoms with Crippen molar-refractivity contribution in [2.45, 2.75) is 26.5 Å². The summed E-state index contributed by atoms with van der Waals surface area (Å²) in [5.74, 6) is -0.206. The smallest absolute Gasteiger partial charge is 0.320 e. The van der Waals surface area contributed by atoms with Gasteiger partial charge in [-0.05, 0) is 33.0 Å². The maximum atomic E-state index is 11.6. The second kappa shape index (κ2) is 7.04. The van der Waals surface area contributed by atoms with E-state index in [1.54, 1.807) is 0 Å². The molecule has 0 saturated carbocycles. The molecule has 1 aromatic carbocycles. The van der Waals surface area contributed by atoms with E-state index in [2.05, 4.69) is 5.10 Å². The summed E-state index contributed by atoms with van der Waals surface area (Å²) in [4.78, 5) is 13.5. The van der Waals surface area contributed by atoms with Crippen LogP contribution in [0.3, 0.4) is 0 Å². The average Bonchev–Trinajstić information content (AvgIpc) is 2.86. The first-order chi connectivity index (χ1) is 10.0. The van der Waals surface area contributed by atoms with Gasteiger partial charge in [0.25, 0.3) is 0 Å². The van der Waals surface area contributed by atoms with Gasteiger partial charge in [-0.2, -0.15) is 5.10 Å². The van der Waals surface area contributed by atoms with Crippen LogP contribution in [0.5, 0.6) is 0 Å². The number of rotatable bonds is 6. The largest absolute Gasteiger partial charge is 0.462 e. The Labute approximate surface area is 125 Å². The number of nitrogens with zero attached hydrogens (tertiary/aromatic N) is 3. The Bertz CT molecular complexity index is 578. The van der Waals surface area contributed by atoms with E-state index in [0.29, 0.717) is 6.54 Å². The van der Waals surface area contributed by atoms with Crippen molar-refractivity contribution in [1.82, 2.24) is 14.7 Å². The molecule has 0 N–H and O–H groups in total. The molecule has 0 amide bonds. The molecule has 112 valence electrons. The predicted molar refractivity (Wildman–Crippen MR) is 81.1 cm³/mol. The van der Waals surface area contributed by atoms with Crippen LogP contribution in [0.2, 0.25) is 0 Å². The molecule has 0 fully saturated rings. The molecule has 1 heterocycles. The molecule has 2 rings (SSSR count). The van der Waals surface area contributed by atoms with Gasteiger partial charge in [0, 0.05) is 18.3 Å². The third kappa shape index (κ3) is 4.72. The molecule has 0 unspecified atom stereocenters. The van der Waals surface area contributed by atoms with Crippen LogP contribution in [0.25, 0.3) is 5.69 Å². The van der Waals surface area contributed by atoms with Crippen molar-refractivity contribution in [3.8, 4) is 5.69 Å². The average molecular weight is 287 g/mol. The van der Waals surface area contributed by atoms with Crippen LogP contribution < -0.4 is 0 Å². The summed E-state index contributed by atoms with van der Waals surface area (Å²) in [6.45, 7) is 4.62. The number of hydrogen-bond donors (Lipinski definition) is 0. The van der Waals surface area contributed by atoms with Crippen molar-refractivity contribution in [2.24, 2.45) is 0 Å². The number of carbonyl (C=O) groups excluding carboxylic acids is 1. The Morgan fingerprint density at radius 1 is 1.33 bits per heavy atom. The zero-order chi connectivity index (χ0) is 15.2. The number of aromatic nitrogens is 2. The number of esters is 1. The predicted octanol–water partition coefficient (Wildman–Crippen LogP) is 2.26. The van der Waals surface area contributed by atoms with Crippen LogP contribution in [0.4, 0.5) is 0 Å². The Morgan fingerprint density at radius 2 is 2.05 bits per heavy atom. The van der Waals surface area contributed by atoms with Gasteiger partial charge < -0.3 is 4.74 Å². The quantitative estimate of drug-likeness (QED) is 0.765. The van der Waals surface area contributed by atoms with Crippen LogP contribution in [0.1, 0.15) is 19.4 Å². The van der Waals surface area contributed by atoms with Crippen molar-refractivity contribution >= 4 is 5.97 Å². The van der Waals surface area contributed by atoms with E-state index in [1.807, 2.05) is 73.2 Å². The molecule has 0 bridgehead atoms. The van der Waals surface area contributed by atoms with E-state index in [0.717, 1.165) is 11.3 Å². The molecule has 5 nitrogen and oxygen atoms in total. The normalized spacial score (nSPS) is 11.1. The van der Waals surface area contributed by atoms with Crippen LogP contribution >= 0.6 is 0 Å². The monoisotopic (exact) mass is 287 g/mol. The highest BCUT2D eigenvalue weighted by Crippen LogP contribution is 2.09. The lowest BCUT2D eigenvalue weighted by Crippen LogP contribution is -2.28. The standard InChI is InChI=1S/C16H21N3O2/c1-13(2)21-16(20)12-18(3)10-14-9-17-19(11-14)15-7-5-4-6-8-15/h4-9,11,13H,10,12H2,1-3H3. The van der Waals surface area contributed by atoms with Gasteiger partial charge in [0.15, 0.2) is 0 Å². The molecule has 2 aromatic rings. The van der Waals surface area contributed by atoms with Gasteiger partial charge in [0.2, 0.25) is 0 Å². The third-order valence-electron chi connectivity index (χ3n) is 2.88. The van der Waals surface area contributed by atoms with E-state index in [4.69, 9.17) is 4.74 Å². The SMILES string of the molecule is CC(C)OC(=O)CN(C)Cc1cnn(-c2ccccc2)c1. The molecular weight excluding hydrogens is 266 g/mol. The number of likely N-dealkylation sites (N-methyl/N-ethyl adjacent to an activating group) is 1. The third-order valence-corrected chi connectivity index (χ3v) is 2.88. The van der Waals surface area contributed by atoms with Gasteiger partial charge in [-0.25, -0.2) is 4.68 Å². The topological polar surface area (TPSA) is 47.4 Å². The first-order valence-electron chi connectivity index (χ1n) is 7.01. The number of para-hydroxylation sites is 1. The van der Waals surface area contributed by atoms with Gasteiger partial charge in [0.1, 0.15) is 0 Å². The van der Waals surface area contributed by atoms with E-state index in [-0.39, 0.29) is 18.6 Å². The zero-order valence-corrected chi connectivity index (χ0v) is 12.7. The van der Waals surface area contributed by atoms with E-state index < -0.39 is 0 Å². The van der Waals surface area contributed by atoms with Crippen LogP contribution in [-0.2, 0) is 16.1 Å². The van der Waals surface area contributed by atoms with Crippen molar-refractivity contribution in [1.29, 1.82) is 0 Å². The molecule has 0 aliphatic carbocycles. The summed E-state index contributed by atoms with van der Waals surface area (Å²) in [7, 11) is 1.89. The molecular formula is C16H21N3O2. The minimum absolute atomic E-state index is 0.0771. The summed E-state index contributed by atoms with van der Waals surface area (Å²) < 4.78 is 6.96. The summed E-state index contributed by atoms with van der Waals surface area (Å²) >= 11 is 0. The lowest BCUT2D eigenvalue weighted by atomic mass is 10.3. The second-order valence-electron chi connectivity index (χ2n) is 5.34. The Hall–Kier alpha value is -2.14. The fourth-order valence-corrected chi connectivity index (χ4v) is 2.05. The number of benzene rings is 1. The van der Waals surface area contributed by atoms with Crippen molar-refractivity contribution in [3.05, 3.63) is 48.3 Å². The molecule has 0 atom stereocenters. The minimum Gasteiger partial charge on any atom is -0.462 e. The maximum Gasteiger partial charge on any atom is 0.320 e. The second-order valence-corrected chi connectivity index (χ2v) is 5.34. The van der Waals surface area contributed by atoms with Gasteiger partial charge >= 0.3 is 5.97 Å². The van der Waals surface area contributed by atoms with Gasteiger partial charge in [-0.1, -0.05) is 18.2 Å². The molecule has 0 saturated heterocycles.